The van der Waals surface area contributed by atoms with Crippen LogP contribution in [0.4, 0.5) is 28.4 Å². The monoisotopic (exact) mass is 926 g/mol. The first-order chi connectivity index (χ1) is 35.4. The lowest BCUT2D eigenvalue weighted by Crippen LogP contribution is -2.11. The molecule has 0 saturated carbocycles. The Morgan fingerprint density at radius 2 is 1.08 bits per heavy atom. The van der Waals surface area contributed by atoms with Crippen LogP contribution in [0.2, 0.25) is 0 Å². The largest absolute Gasteiger partial charge is 0.505 e. The molecule has 1 heterocycles. The Morgan fingerprint density at radius 3 is 1.92 bits per heavy atom. The number of nitrogens with one attached hydrogen (secondary N) is 1. The number of furan rings is 1. The molecule has 12 aromatic carbocycles. The molecule has 344 valence electrons. The Hall–Kier alpha value is -9.12. The van der Waals surface area contributed by atoms with Gasteiger partial charge in [0.05, 0.1) is 17.1 Å². The van der Waals surface area contributed by atoms with Crippen molar-refractivity contribution in [3.05, 3.63) is 252 Å². The zero-order chi connectivity index (χ0) is 48.5. The Balaban J connectivity index is 0.918. The topological polar surface area (TPSA) is 48.6 Å². The summed E-state index contributed by atoms with van der Waals surface area (Å²) < 4.78 is 7.10. The highest BCUT2D eigenvalue weighted by Gasteiger charge is 2.24. The summed E-state index contributed by atoms with van der Waals surface area (Å²) in [5.41, 5.74) is 18.8. The fourth-order valence-electron chi connectivity index (χ4n) is 11.2. The molecule has 0 aliphatic heterocycles. The number of aromatic hydroxyl groups is 1. The third-order valence-electron chi connectivity index (χ3n) is 14.7. The molecule has 0 aliphatic carbocycles. The van der Waals surface area contributed by atoms with Gasteiger partial charge in [0, 0.05) is 44.0 Å². The lowest BCUT2D eigenvalue weighted by molar-refractivity contribution is 0.480. The van der Waals surface area contributed by atoms with Crippen molar-refractivity contribution in [2.45, 2.75) is 27.2 Å². The van der Waals surface area contributed by atoms with Gasteiger partial charge in [0.1, 0.15) is 11.3 Å². The summed E-state index contributed by atoms with van der Waals surface area (Å²) in [6, 6.07) is 79.8. The molecule has 4 nitrogen and oxygen atoms in total. The zero-order valence-corrected chi connectivity index (χ0v) is 40.4. The average molecular weight is 927 g/mol. The summed E-state index contributed by atoms with van der Waals surface area (Å²) in [6.45, 7) is 6.47. The molecular formula is C68H50N2O2. The molecule has 0 spiro atoms. The molecule has 0 bridgehead atoms. The normalized spacial score (nSPS) is 11.7. The van der Waals surface area contributed by atoms with Gasteiger partial charge in [0.25, 0.3) is 0 Å². The molecule has 0 amide bonds. The van der Waals surface area contributed by atoms with Gasteiger partial charge in [-0.15, -0.1) is 0 Å². The maximum Gasteiger partial charge on any atom is 0.159 e. The first-order valence-corrected chi connectivity index (χ1v) is 24.8. The molecule has 13 rings (SSSR count). The van der Waals surface area contributed by atoms with Crippen LogP contribution < -0.4 is 10.2 Å². The van der Waals surface area contributed by atoms with E-state index in [-0.39, 0.29) is 5.75 Å². The van der Waals surface area contributed by atoms with Gasteiger partial charge >= 0.3 is 0 Å². The molecule has 0 aliphatic rings. The van der Waals surface area contributed by atoms with E-state index in [9.17, 15) is 5.11 Å². The molecule has 0 fully saturated rings. The minimum Gasteiger partial charge on any atom is -0.505 e. The van der Waals surface area contributed by atoms with Crippen molar-refractivity contribution < 1.29 is 9.52 Å². The Labute approximate surface area is 419 Å². The van der Waals surface area contributed by atoms with Gasteiger partial charge in [0.2, 0.25) is 0 Å². The molecule has 72 heavy (non-hydrogen) atoms. The molecule has 1 aromatic heterocycles. The van der Waals surface area contributed by atoms with E-state index in [1.165, 1.54) is 49.7 Å². The SMILES string of the molecule is Cc1ccc(N(c2ccc3ccc4c(Nc5cccc(-c6cccc(-c7c(C)cccc7Cc7ccccc7)c6)c5O)ccc5ccc2c3c54)c2cccc3c2oc2c(-c4ccccc4C)cccc23)cc1. The Bertz CT molecular complexity index is 4210. The van der Waals surface area contributed by atoms with Crippen molar-refractivity contribution in [1.82, 2.24) is 0 Å². The Morgan fingerprint density at radius 1 is 0.444 bits per heavy atom. The number of hydrogen-bond acceptors (Lipinski definition) is 4. The predicted octanol–water partition coefficient (Wildman–Crippen LogP) is 18.9. The van der Waals surface area contributed by atoms with Crippen molar-refractivity contribution in [3.8, 4) is 39.1 Å². The second kappa shape index (κ2) is 17.4. The predicted molar refractivity (Wildman–Crippen MR) is 303 cm³/mol. The maximum absolute atomic E-state index is 12.2. The van der Waals surface area contributed by atoms with Gasteiger partial charge in [-0.25, -0.2) is 0 Å². The van der Waals surface area contributed by atoms with Gasteiger partial charge in [0.15, 0.2) is 5.58 Å². The summed E-state index contributed by atoms with van der Waals surface area (Å²) in [5.74, 6) is 0.205. The highest BCUT2D eigenvalue weighted by molar-refractivity contribution is 6.28. The van der Waals surface area contributed by atoms with Crippen LogP contribution in [0.15, 0.2) is 229 Å². The summed E-state index contributed by atoms with van der Waals surface area (Å²) >= 11 is 0. The maximum atomic E-state index is 12.2. The van der Waals surface area contributed by atoms with Crippen LogP contribution in [0, 0.1) is 20.8 Å². The van der Waals surface area contributed by atoms with Crippen LogP contribution >= 0.6 is 0 Å². The van der Waals surface area contributed by atoms with Crippen molar-refractivity contribution >= 4 is 82.7 Å². The number of aryl methyl sites for hydroxylation is 3. The van der Waals surface area contributed by atoms with Crippen LogP contribution in [0.5, 0.6) is 5.75 Å². The van der Waals surface area contributed by atoms with Crippen LogP contribution in [0.3, 0.4) is 0 Å². The van der Waals surface area contributed by atoms with Gasteiger partial charge in [-0.05, 0) is 136 Å². The van der Waals surface area contributed by atoms with Crippen molar-refractivity contribution in [3.63, 3.8) is 0 Å². The number of fused-ring (bicyclic) bond motifs is 3. The summed E-state index contributed by atoms with van der Waals surface area (Å²) in [6.07, 6.45) is 0.841. The van der Waals surface area contributed by atoms with E-state index < -0.39 is 0 Å². The third kappa shape index (κ3) is 7.22. The van der Waals surface area contributed by atoms with Gasteiger partial charge < -0.3 is 19.7 Å². The van der Waals surface area contributed by atoms with E-state index in [0.29, 0.717) is 5.69 Å². The van der Waals surface area contributed by atoms with E-state index in [1.807, 2.05) is 18.2 Å². The molecule has 4 heteroatoms. The average Bonchev–Trinajstić information content (AvgIpc) is 3.80. The number of benzene rings is 12. The van der Waals surface area contributed by atoms with Crippen LogP contribution in [-0.2, 0) is 6.42 Å². The number of phenolic OH excluding ortho intramolecular Hbond substituents is 1. The quantitative estimate of drug-likeness (QED) is 0.106. The molecule has 0 radical (unpaired) electrons. The van der Waals surface area contributed by atoms with Crippen LogP contribution in [0.1, 0.15) is 27.8 Å². The highest BCUT2D eigenvalue weighted by Crippen LogP contribution is 2.49. The smallest absolute Gasteiger partial charge is 0.159 e. The molecule has 0 unspecified atom stereocenters. The second-order valence-corrected chi connectivity index (χ2v) is 19.2. The highest BCUT2D eigenvalue weighted by atomic mass is 16.3. The number of nitrogens with zero attached hydrogens (tertiary/aromatic N) is 1. The van der Waals surface area contributed by atoms with Crippen LogP contribution in [0.25, 0.3) is 87.6 Å². The third-order valence-corrected chi connectivity index (χ3v) is 14.7. The number of rotatable bonds is 10. The molecule has 0 atom stereocenters. The first kappa shape index (κ1) is 42.9. The lowest BCUT2D eigenvalue weighted by Gasteiger charge is -2.28. The van der Waals surface area contributed by atoms with Crippen molar-refractivity contribution in [2.75, 3.05) is 10.2 Å². The van der Waals surface area contributed by atoms with Gasteiger partial charge in [-0.2, -0.15) is 0 Å². The second-order valence-electron chi connectivity index (χ2n) is 19.2. The number of phenols is 1. The van der Waals surface area contributed by atoms with E-state index in [0.717, 1.165) is 94.9 Å². The molecule has 2 N–H and O–H groups in total. The van der Waals surface area contributed by atoms with Gasteiger partial charge in [-0.3, -0.25) is 0 Å². The summed E-state index contributed by atoms with van der Waals surface area (Å²) in [7, 11) is 0. The fourth-order valence-corrected chi connectivity index (χ4v) is 11.2. The van der Waals surface area contributed by atoms with E-state index in [1.54, 1.807) is 0 Å². The van der Waals surface area contributed by atoms with Crippen molar-refractivity contribution in [2.24, 2.45) is 0 Å². The summed E-state index contributed by atoms with van der Waals surface area (Å²) in [5, 5.41) is 24.9. The fraction of sp³-hybridized carbons (Fsp3) is 0.0588. The minimum atomic E-state index is 0.205. The molecular weight excluding hydrogens is 877 g/mol. The van der Waals surface area contributed by atoms with Gasteiger partial charge in [-0.1, -0.05) is 188 Å². The van der Waals surface area contributed by atoms with E-state index in [2.05, 4.69) is 237 Å². The number of hydrogen-bond donors (Lipinski definition) is 2. The van der Waals surface area contributed by atoms with E-state index >= 15 is 0 Å². The standard InChI is InChI=1S/C68H50N2O2/c1-42-28-34-51(35-29-42)70(62-27-13-25-56-55-24-11-23-54(67(55)72-68(56)62)52-21-8-7-14-43(52)2)61-39-33-47-30-36-57-59(38-32-46-31-37-58(61)65(47)64(46)57)69-60-26-12-22-53(66(60)71)48-18-10-20-50(41-48)63-44(3)15-9-19-49(63)40-45-16-5-4-6-17-45/h4-39,41,69,71H,40H2,1-3H3. The first-order valence-electron chi connectivity index (χ1n) is 24.8. The van der Waals surface area contributed by atoms with Crippen molar-refractivity contribution in [1.29, 1.82) is 0 Å². The molecule has 0 saturated heterocycles. The number of anilines is 5. The van der Waals surface area contributed by atoms with E-state index in [4.69, 9.17) is 4.42 Å². The number of para-hydroxylation sites is 3. The minimum absolute atomic E-state index is 0.205. The molecule has 13 aromatic rings. The zero-order valence-electron chi connectivity index (χ0n) is 40.4. The summed E-state index contributed by atoms with van der Waals surface area (Å²) in [4.78, 5) is 2.37. The van der Waals surface area contributed by atoms with Crippen LogP contribution in [-0.4, -0.2) is 5.11 Å². The Kier molecular flexibility index (Phi) is 10.4. The lowest BCUT2D eigenvalue weighted by atomic mass is 9.90.